The molecule has 15 heavy (non-hydrogen) atoms. The molecule has 0 saturated carbocycles. The van der Waals surface area contributed by atoms with Gasteiger partial charge in [0.2, 0.25) is 0 Å². The molecule has 2 rings (SSSR count). The molecule has 82 valence electrons. The first kappa shape index (κ1) is 12.7. The maximum absolute atomic E-state index is 6.15. The van der Waals surface area contributed by atoms with Crippen LogP contribution in [0.25, 0.3) is 0 Å². The standard InChI is InChI=1S/C11H13NS2.ClH/c1-2-9-3-4-10(14-9)11(12)8-5-6-13-7-8;/h3-7,11H,2,12H2,1H3;1H/t11-;/m0./s1. The van der Waals surface area contributed by atoms with Gasteiger partial charge in [0, 0.05) is 9.75 Å². The number of hydrogen-bond acceptors (Lipinski definition) is 3. The number of hydrogen-bond donors (Lipinski definition) is 1. The van der Waals surface area contributed by atoms with Crippen molar-refractivity contribution in [3.63, 3.8) is 0 Å². The van der Waals surface area contributed by atoms with Crippen LogP contribution in [-0.4, -0.2) is 0 Å². The van der Waals surface area contributed by atoms with Gasteiger partial charge in [-0.3, -0.25) is 0 Å². The molecule has 2 N–H and O–H groups in total. The molecule has 0 aliphatic rings. The molecule has 1 atom stereocenters. The molecule has 0 aliphatic heterocycles. The second kappa shape index (κ2) is 5.66. The first-order valence-corrected chi connectivity index (χ1v) is 6.43. The number of aryl methyl sites for hydroxylation is 1. The van der Waals surface area contributed by atoms with E-state index in [4.69, 9.17) is 5.73 Å². The highest BCUT2D eigenvalue weighted by Gasteiger charge is 2.11. The minimum absolute atomic E-state index is 0. The third-order valence-corrected chi connectivity index (χ3v) is 4.25. The average Bonchev–Trinajstić information content (AvgIpc) is 2.88. The smallest absolute Gasteiger partial charge is 0.0654 e. The Kier molecular flexibility index (Phi) is 4.80. The van der Waals surface area contributed by atoms with E-state index in [1.165, 1.54) is 15.3 Å². The lowest BCUT2D eigenvalue weighted by molar-refractivity contribution is 0.899. The fourth-order valence-corrected chi connectivity index (χ4v) is 3.05. The Labute approximate surface area is 104 Å². The van der Waals surface area contributed by atoms with Crippen molar-refractivity contribution in [2.24, 2.45) is 5.73 Å². The summed E-state index contributed by atoms with van der Waals surface area (Å²) in [5.41, 5.74) is 7.37. The van der Waals surface area contributed by atoms with Gasteiger partial charge in [0.15, 0.2) is 0 Å². The lowest BCUT2D eigenvalue weighted by atomic mass is 10.1. The zero-order chi connectivity index (χ0) is 9.97. The third-order valence-electron chi connectivity index (χ3n) is 2.24. The van der Waals surface area contributed by atoms with Crippen molar-refractivity contribution in [2.75, 3.05) is 0 Å². The second-order valence-electron chi connectivity index (χ2n) is 3.19. The first-order valence-electron chi connectivity index (χ1n) is 4.67. The van der Waals surface area contributed by atoms with Crippen molar-refractivity contribution in [2.45, 2.75) is 19.4 Å². The zero-order valence-electron chi connectivity index (χ0n) is 8.47. The van der Waals surface area contributed by atoms with Crippen LogP contribution in [0.15, 0.2) is 29.0 Å². The van der Waals surface area contributed by atoms with Gasteiger partial charge >= 0.3 is 0 Å². The summed E-state index contributed by atoms with van der Waals surface area (Å²) in [6.45, 7) is 2.17. The van der Waals surface area contributed by atoms with Crippen molar-refractivity contribution in [3.8, 4) is 0 Å². The Balaban J connectivity index is 0.00000112. The minimum atomic E-state index is 0. The van der Waals surface area contributed by atoms with Crippen LogP contribution in [-0.2, 0) is 6.42 Å². The molecule has 0 spiro atoms. The van der Waals surface area contributed by atoms with E-state index in [2.05, 4.69) is 35.9 Å². The van der Waals surface area contributed by atoms with Crippen molar-refractivity contribution in [1.29, 1.82) is 0 Å². The Morgan fingerprint density at radius 3 is 2.67 bits per heavy atom. The van der Waals surface area contributed by atoms with E-state index in [1.807, 2.05) is 11.3 Å². The Morgan fingerprint density at radius 2 is 2.13 bits per heavy atom. The molecule has 0 aliphatic carbocycles. The van der Waals surface area contributed by atoms with Gasteiger partial charge in [0.1, 0.15) is 0 Å². The monoisotopic (exact) mass is 259 g/mol. The third kappa shape index (κ3) is 2.82. The predicted molar refractivity (Wildman–Crippen MR) is 71.3 cm³/mol. The molecule has 0 bridgehead atoms. The van der Waals surface area contributed by atoms with Gasteiger partial charge in [-0.1, -0.05) is 6.92 Å². The van der Waals surface area contributed by atoms with Crippen LogP contribution in [0.3, 0.4) is 0 Å². The van der Waals surface area contributed by atoms with Crippen LogP contribution < -0.4 is 5.73 Å². The molecule has 0 radical (unpaired) electrons. The molecule has 0 amide bonds. The van der Waals surface area contributed by atoms with Gasteiger partial charge in [-0.15, -0.1) is 23.7 Å². The molecule has 1 nitrogen and oxygen atoms in total. The van der Waals surface area contributed by atoms with E-state index in [9.17, 15) is 0 Å². The van der Waals surface area contributed by atoms with Crippen molar-refractivity contribution in [3.05, 3.63) is 44.3 Å². The Bertz CT molecular complexity index is 394. The summed E-state index contributed by atoms with van der Waals surface area (Å²) >= 11 is 3.52. The summed E-state index contributed by atoms with van der Waals surface area (Å²) in [6.07, 6.45) is 1.10. The van der Waals surface area contributed by atoms with Crippen LogP contribution in [0.4, 0.5) is 0 Å². The number of halogens is 1. The molecule has 0 saturated heterocycles. The zero-order valence-corrected chi connectivity index (χ0v) is 10.9. The minimum Gasteiger partial charge on any atom is -0.320 e. The van der Waals surface area contributed by atoms with E-state index in [0.29, 0.717) is 0 Å². The molecule has 0 unspecified atom stereocenters. The molecule has 0 fully saturated rings. The summed E-state index contributed by atoms with van der Waals surface area (Å²) in [5, 5.41) is 4.19. The second-order valence-corrected chi connectivity index (χ2v) is 5.17. The van der Waals surface area contributed by atoms with Crippen molar-refractivity contribution >= 4 is 35.1 Å². The van der Waals surface area contributed by atoms with Crippen LogP contribution in [0.1, 0.15) is 28.3 Å². The number of thiophene rings is 2. The van der Waals surface area contributed by atoms with Crippen LogP contribution in [0, 0.1) is 0 Å². The summed E-state index contributed by atoms with van der Waals surface area (Å²) < 4.78 is 0. The largest absolute Gasteiger partial charge is 0.320 e. The van der Waals surface area contributed by atoms with E-state index in [0.717, 1.165) is 6.42 Å². The predicted octanol–water partition coefficient (Wildman–Crippen LogP) is 3.84. The maximum atomic E-state index is 6.15. The Hall–Kier alpha value is -0.350. The van der Waals surface area contributed by atoms with E-state index >= 15 is 0 Å². The average molecular weight is 260 g/mol. The first-order chi connectivity index (χ1) is 6.81. The summed E-state index contributed by atoms with van der Waals surface area (Å²) in [7, 11) is 0. The number of nitrogens with two attached hydrogens (primary N) is 1. The molecule has 0 aromatic carbocycles. The van der Waals surface area contributed by atoms with Gasteiger partial charge in [-0.2, -0.15) is 11.3 Å². The fourth-order valence-electron chi connectivity index (χ4n) is 1.37. The topological polar surface area (TPSA) is 26.0 Å². The number of rotatable bonds is 3. The van der Waals surface area contributed by atoms with Gasteiger partial charge in [-0.25, -0.2) is 0 Å². The lowest BCUT2D eigenvalue weighted by Crippen LogP contribution is -2.08. The van der Waals surface area contributed by atoms with Gasteiger partial charge in [0.05, 0.1) is 6.04 Å². The lowest BCUT2D eigenvalue weighted by Gasteiger charge is -2.06. The molecule has 2 aromatic heterocycles. The summed E-state index contributed by atoms with van der Waals surface area (Å²) in [6, 6.07) is 6.48. The summed E-state index contributed by atoms with van der Waals surface area (Å²) in [4.78, 5) is 2.67. The van der Waals surface area contributed by atoms with Gasteiger partial charge in [-0.05, 0) is 40.9 Å². The van der Waals surface area contributed by atoms with E-state index in [-0.39, 0.29) is 18.4 Å². The molecular formula is C11H14ClNS2. The normalized spacial score (nSPS) is 12.1. The Morgan fingerprint density at radius 1 is 1.33 bits per heavy atom. The fraction of sp³-hybridized carbons (Fsp3) is 0.273. The van der Waals surface area contributed by atoms with Gasteiger partial charge < -0.3 is 5.73 Å². The van der Waals surface area contributed by atoms with Crippen LogP contribution in [0.2, 0.25) is 0 Å². The van der Waals surface area contributed by atoms with E-state index < -0.39 is 0 Å². The van der Waals surface area contributed by atoms with E-state index in [1.54, 1.807) is 11.3 Å². The molecule has 4 heteroatoms. The van der Waals surface area contributed by atoms with Crippen LogP contribution in [0.5, 0.6) is 0 Å². The molecule has 2 aromatic rings. The highest BCUT2D eigenvalue weighted by molar-refractivity contribution is 7.12. The SMILES string of the molecule is CCc1ccc([C@@H](N)c2ccsc2)s1.Cl. The van der Waals surface area contributed by atoms with Crippen molar-refractivity contribution in [1.82, 2.24) is 0 Å². The highest BCUT2D eigenvalue weighted by Crippen LogP contribution is 2.27. The van der Waals surface area contributed by atoms with Gasteiger partial charge in [0.25, 0.3) is 0 Å². The maximum Gasteiger partial charge on any atom is 0.0654 e. The highest BCUT2D eigenvalue weighted by atomic mass is 35.5. The quantitative estimate of drug-likeness (QED) is 0.891. The van der Waals surface area contributed by atoms with Crippen molar-refractivity contribution < 1.29 is 0 Å². The molecular weight excluding hydrogens is 246 g/mol. The molecule has 2 heterocycles. The van der Waals surface area contributed by atoms with Crippen LogP contribution >= 0.6 is 35.1 Å². The summed E-state index contributed by atoms with van der Waals surface area (Å²) in [5.74, 6) is 0.